The molecule has 0 bridgehead atoms. The summed E-state index contributed by atoms with van der Waals surface area (Å²) in [4.78, 5) is 21.1. The fourth-order valence-electron chi connectivity index (χ4n) is 1.27. The minimum atomic E-state index is -5.10. The van der Waals surface area contributed by atoms with Crippen molar-refractivity contribution in [3.05, 3.63) is 23.7 Å². The van der Waals surface area contributed by atoms with E-state index in [1.165, 1.54) is 0 Å². The molecule has 118 valence electrons. The van der Waals surface area contributed by atoms with Gasteiger partial charge in [0.1, 0.15) is 5.76 Å². The summed E-state index contributed by atoms with van der Waals surface area (Å²) in [6.45, 7) is -0.582. The molecule has 1 heterocycles. The molecule has 21 heavy (non-hydrogen) atoms. The van der Waals surface area contributed by atoms with Crippen LogP contribution < -0.4 is 0 Å². The Morgan fingerprint density at radius 3 is 2.19 bits per heavy atom. The van der Waals surface area contributed by atoms with E-state index in [4.69, 9.17) is 0 Å². The average molecular weight is 318 g/mol. The summed E-state index contributed by atoms with van der Waals surface area (Å²) in [7, 11) is 0. The molecule has 1 aromatic heterocycles. The van der Waals surface area contributed by atoms with Crippen LogP contribution >= 0.6 is 0 Å². The molecule has 0 atom stereocenters. The van der Waals surface area contributed by atoms with Gasteiger partial charge < -0.3 is 9.15 Å². The number of halogens is 6. The number of carbonyl (C=O) groups excluding carboxylic acids is 2. The summed E-state index contributed by atoms with van der Waals surface area (Å²) < 4.78 is 80.0. The van der Waals surface area contributed by atoms with Gasteiger partial charge in [-0.15, -0.1) is 0 Å². The number of rotatable bonds is 5. The standard InChI is InChI=1S/C11H8F6O4/c12-10(13,14)8(18)7-4-3-6(21-7)2-1-5-20-9(19)11(15,16)17/h3-4H,1-2,5H2. The van der Waals surface area contributed by atoms with E-state index in [9.17, 15) is 35.9 Å². The lowest BCUT2D eigenvalue weighted by Gasteiger charge is -2.06. The van der Waals surface area contributed by atoms with Crippen LogP contribution in [0.15, 0.2) is 16.5 Å². The summed E-state index contributed by atoms with van der Waals surface area (Å²) in [6, 6.07) is 1.90. The topological polar surface area (TPSA) is 56.5 Å². The van der Waals surface area contributed by atoms with E-state index in [0.717, 1.165) is 12.1 Å². The van der Waals surface area contributed by atoms with Gasteiger partial charge in [-0.25, -0.2) is 4.79 Å². The largest absolute Gasteiger partial charge is 0.490 e. The van der Waals surface area contributed by atoms with Gasteiger partial charge in [-0.05, 0) is 18.6 Å². The fraction of sp³-hybridized carbons (Fsp3) is 0.455. The van der Waals surface area contributed by atoms with E-state index in [1.54, 1.807) is 0 Å². The number of hydrogen-bond donors (Lipinski definition) is 0. The maximum absolute atomic E-state index is 12.1. The van der Waals surface area contributed by atoms with E-state index in [0.29, 0.717) is 0 Å². The number of ether oxygens (including phenoxy) is 1. The molecule has 0 aliphatic rings. The van der Waals surface area contributed by atoms with Gasteiger partial charge in [0.15, 0.2) is 5.76 Å². The first kappa shape index (κ1) is 17.1. The maximum atomic E-state index is 12.1. The Labute approximate surface area is 113 Å². The monoisotopic (exact) mass is 318 g/mol. The van der Waals surface area contributed by atoms with E-state index in [2.05, 4.69) is 9.15 Å². The van der Waals surface area contributed by atoms with Crippen LogP contribution in [-0.2, 0) is 16.0 Å². The minimum absolute atomic E-state index is 0.0364. The molecule has 0 aromatic carbocycles. The lowest BCUT2D eigenvalue weighted by atomic mass is 10.2. The quantitative estimate of drug-likeness (QED) is 0.362. The highest BCUT2D eigenvalue weighted by Gasteiger charge is 2.42. The molecule has 0 saturated heterocycles. The zero-order chi connectivity index (χ0) is 16.3. The van der Waals surface area contributed by atoms with Crippen molar-refractivity contribution >= 4 is 11.8 Å². The van der Waals surface area contributed by atoms with Gasteiger partial charge in [0, 0.05) is 6.42 Å². The van der Waals surface area contributed by atoms with Crippen molar-refractivity contribution in [2.75, 3.05) is 6.61 Å². The molecule has 1 rings (SSSR count). The first-order valence-corrected chi connectivity index (χ1v) is 5.46. The molecular formula is C11H8F6O4. The zero-order valence-electron chi connectivity index (χ0n) is 10.2. The molecule has 0 spiro atoms. The molecule has 0 fully saturated rings. The third kappa shape index (κ3) is 5.12. The second-order valence-electron chi connectivity index (χ2n) is 3.83. The molecule has 0 aliphatic carbocycles. The first-order chi connectivity index (χ1) is 9.51. The minimum Gasteiger partial charge on any atom is -0.459 e. The van der Waals surface area contributed by atoms with Gasteiger partial charge in [-0.2, -0.15) is 26.3 Å². The molecule has 0 unspecified atom stereocenters. The summed E-state index contributed by atoms with van der Waals surface area (Å²) in [6.07, 6.45) is -10.4. The summed E-state index contributed by atoms with van der Waals surface area (Å²) in [5, 5.41) is 0. The van der Waals surface area contributed by atoms with Crippen molar-refractivity contribution in [2.24, 2.45) is 0 Å². The Morgan fingerprint density at radius 2 is 1.67 bits per heavy atom. The first-order valence-electron chi connectivity index (χ1n) is 5.46. The maximum Gasteiger partial charge on any atom is 0.490 e. The molecule has 0 saturated carbocycles. The van der Waals surface area contributed by atoms with Crippen molar-refractivity contribution in [3.63, 3.8) is 0 Å². The Kier molecular flexibility index (Phi) is 5.02. The van der Waals surface area contributed by atoms with Crippen LogP contribution in [0.5, 0.6) is 0 Å². The highest BCUT2D eigenvalue weighted by atomic mass is 19.4. The van der Waals surface area contributed by atoms with E-state index >= 15 is 0 Å². The average Bonchev–Trinajstić information content (AvgIpc) is 2.79. The van der Waals surface area contributed by atoms with Crippen molar-refractivity contribution in [1.29, 1.82) is 0 Å². The van der Waals surface area contributed by atoms with E-state index < -0.39 is 36.5 Å². The van der Waals surface area contributed by atoms with E-state index in [1.807, 2.05) is 0 Å². The Balaban J connectivity index is 2.43. The highest BCUT2D eigenvalue weighted by molar-refractivity contribution is 5.97. The van der Waals surface area contributed by atoms with Crippen molar-refractivity contribution < 1.29 is 45.1 Å². The summed E-state index contributed by atoms with van der Waals surface area (Å²) in [5.74, 6) is -5.46. The predicted octanol–water partition coefficient (Wildman–Crippen LogP) is 3.06. The number of ketones is 1. The lowest BCUT2D eigenvalue weighted by Crippen LogP contribution is -2.25. The molecule has 0 amide bonds. The molecule has 0 N–H and O–H groups in total. The zero-order valence-corrected chi connectivity index (χ0v) is 10.2. The van der Waals surface area contributed by atoms with Gasteiger partial charge >= 0.3 is 24.1 Å². The molecule has 10 heteroatoms. The second kappa shape index (κ2) is 6.19. The highest BCUT2D eigenvalue weighted by Crippen LogP contribution is 2.23. The molecule has 0 aliphatic heterocycles. The van der Waals surface area contributed by atoms with Crippen molar-refractivity contribution in [3.8, 4) is 0 Å². The summed E-state index contributed by atoms with van der Waals surface area (Å²) in [5.41, 5.74) is 0. The third-order valence-electron chi connectivity index (χ3n) is 2.18. The van der Waals surface area contributed by atoms with Crippen LogP contribution in [0.4, 0.5) is 26.3 Å². The van der Waals surface area contributed by atoms with Crippen LogP contribution in [0.2, 0.25) is 0 Å². The number of Topliss-reactive ketones (excluding diaryl/α,β-unsaturated/α-hetero) is 1. The second-order valence-corrected chi connectivity index (χ2v) is 3.83. The van der Waals surface area contributed by atoms with Gasteiger partial charge in [0.05, 0.1) is 6.61 Å². The van der Waals surface area contributed by atoms with Crippen LogP contribution in [0, 0.1) is 0 Å². The Morgan fingerprint density at radius 1 is 1.05 bits per heavy atom. The van der Waals surface area contributed by atoms with Gasteiger partial charge in [-0.1, -0.05) is 0 Å². The van der Waals surface area contributed by atoms with Crippen LogP contribution in [0.25, 0.3) is 0 Å². The molecule has 4 nitrogen and oxygen atoms in total. The van der Waals surface area contributed by atoms with Gasteiger partial charge in [0.2, 0.25) is 0 Å². The SMILES string of the molecule is O=C(OCCCc1ccc(C(=O)C(F)(F)F)o1)C(F)(F)F. The van der Waals surface area contributed by atoms with Gasteiger partial charge in [0.25, 0.3) is 0 Å². The van der Waals surface area contributed by atoms with E-state index in [-0.39, 0.29) is 18.6 Å². The third-order valence-corrected chi connectivity index (χ3v) is 2.18. The number of carbonyl (C=O) groups is 2. The molecular weight excluding hydrogens is 310 g/mol. The van der Waals surface area contributed by atoms with Crippen molar-refractivity contribution in [2.45, 2.75) is 25.2 Å². The number of hydrogen-bond acceptors (Lipinski definition) is 4. The number of furan rings is 1. The normalized spacial score (nSPS) is 12.3. The Bertz CT molecular complexity index is 514. The lowest BCUT2D eigenvalue weighted by molar-refractivity contribution is -0.199. The summed E-state index contributed by atoms with van der Waals surface area (Å²) >= 11 is 0. The molecule has 1 aromatic rings. The Hall–Kier alpha value is -2.00. The smallest absolute Gasteiger partial charge is 0.459 e. The fourth-order valence-corrected chi connectivity index (χ4v) is 1.27. The predicted molar refractivity (Wildman–Crippen MR) is 54.4 cm³/mol. The van der Waals surface area contributed by atoms with Crippen LogP contribution in [0.3, 0.4) is 0 Å². The van der Waals surface area contributed by atoms with Crippen LogP contribution in [0.1, 0.15) is 22.7 Å². The number of esters is 1. The number of aryl methyl sites for hydroxylation is 1. The van der Waals surface area contributed by atoms with Gasteiger partial charge in [-0.3, -0.25) is 4.79 Å². The van der Waals surface area contributed by atoms with Crippen LogP contribution in [-0.4, -0.2) is 30.7 Å². The van der Waals surface area contributed by atoms with Crippen molar-refractivity contribution in [1.82, 2.24) is 0 Å². The molecule has 0 radical (unpaired) electrons. The number of alkyl halides is 6.